The van der Waals surface area contributed by atoms with E-state index in [2.05, 4.69) is 4.98 Å². The number of rotatable bonds is 1. The Labute approximate surface area is 71.2 Å². The number of nitrogens with zero attached hydrogens (tertiary/aromatic N) is 1. The summed E-state index contributed by atoms with van der Waals surface area (Å²) in [6, 6.07) is 0.714. The average molecular weight is 197 g/mol. The molecule has 1 aromatic heterocycles. The van der Waals surface area contributed by atoms with Gasteiger partial charge in [-0.3, -0.25) is 0 Å². The molecule has 66 valence electrons. The summed E-state index contributed by atoms with van der Waals surface area (Å²) in [5.74, 6) is -1.47. The summed E-state index contributed by atoms with van der Waals surface area (Å²) < 4.78 is 36.5. The smallest absolute Gasteiger partial charge is 0.281 e. The molecule has 0 unspecified atom stereocenters. The predicted octanol–water partition coefficient (Wildman–Crippen LogP) is 2.39. The van der Waals surface area contributed by atoms with Gasteiger partial charge in [-0.2, -0.15) is 0 Å². The van der Waals surface area contributed by atoms with E-state index in [1.165, 1.54) is 0 Å². The van der Waals surface area contributed by atoms with Crippen LogP contribution in [0.1, 0.15) is 12.1 Å². The molecule has 0 atom stereocenters. The van der Waals surface area contributed by atoms with Crippen molar-refractivity contribution in [2.24, 2.45) is 0 Å². The third-order valence-electron chi connectivity index (χ3n) is 1.19. The molecule has 6 heteroatoms. The minimum absolute atomic E-state index is 0.420. The van der Waals surface area contributed by atoms with Crippen molar-refractivity contribution in [1.82, 2.24) is 4.98 Å². The van der Waals surface area contributed by atoms with E-state index in [0.717, 1.165) is 0 Å². The predicted molar refractivity (Wildman–Crippen MR) is 38.6 cm³/mol. The van der Waals surface area contributed by atoms with Gasteiger partial charge in [0.05, 0.1) is 5.02 Å². The molecule has 0 spiro atoms. The minimum Gasteiger partial charge on any atom is -0.381 e. The topological polar surface area (TPSA) is 38.9 Å². The van der Waals surface area contributed by atoms with Gasteiger partial charge >= 0.3 is 0 Å². The number of aromatic nitrogens is 1. The summed E-state index contributed by atoms with van der Waals surface area (Å²) >= 11 is 5.26. The van der Waals surface area contributed by atoms with E-state index < -0.39 is 28.8 Å². The molecule has 12 heavy (non-hydrogen) atoms. The molecule has 1 rings (SSSR count). The first kappa shape index (κ1) is 9.12. The van der Waals surface area contributed by atoms with Crippen LogP contribution in [-0.2, 0) is 0 Å². The van der Waals surface area contributed by atoms with Crippen LogP contribution >= 0.6 is 11.6 Å². The van der Waals surface area contributed by atoms with Gasteiger partial charge in [0.25, 0.3) is 6.43 Å². The number of anilines is 1. The fourth-order valence-electron chi connectivity index (χ4n) is 0.649. The number of alkyl halides is 2. The quantitative estimate of drug-likeness (QED) is 0.749. The summed E-state index contributed by atoms with van der Waals surface area (Å²) in [7, 11) is 0. The lowest BCUT2D eigenvalue weighted by Crippen LogP contribution is -2.00. The summed E-state index contributed by atoms with van der Waals surface area (Å²) in [4.78, 5) is 3.09. The Balaban J connectivity index is 3.23. The summed E-state index contributed by atoms with van der Waals surface area (Å²) in [6.07, 6.45) is -2.85. The second-order valence-electron chi connectivity index (χ2n) is 2.02. The van der Waals surface area contributed by atoms with Gasteiger partial charge in [-0.15, -0.1) is 0 Å². The highest BCUT2D eigenvalue weighted by Crippen LogP contribution is 2.27. The normalized spacial score (nSPS) is 10.8. The molecule has 0 aliphatic heterocycles. The first-order valence-electron chi connectivity index (χ1n) is 2.92. The van der Waals surface area contributed by atoms with Crippen LogP contribution in [0.3, 0.4) is 0 Å². The zero-order valence-electron chi connectivity index (χ0n) is 5.69. The van der Waals surface area contributed by atoms with Crippen LogP contribution in [0.25, 0.3) is 0 Å². The average Bonchev–Trinajstić information content (AvgIpc) is 1.96. The fourth-order valence-corrected chi connectivity index (χ4v) is 0.869. The van der Waals surface area contributed by atoms with Crippen LogP contribution in [0.5, 0.6) is 0 Å². The lowest BCUT2D eigenvalue weighted by atomic mass is 10.3. The van der Waals surface area contributed by atoms with Crippen LogP contribution in [-0.4, -0.2) is 4.98 Å². The highest BCUT2D eigenvalue weighted by Gasteiger charge is 2.16. The number of hydrogen-bond donors (Lipinski definition) is 1. The van der Waals surface area contributed by atoms with Crippen LogP contribution in [0.2, 0.25) is 5.02 Å². The molecule has 0 bridgehead atoms. The molecule has 1 aromatic rings. The summed E-state index contributed by atoms with van der Waals surface area (Å²) in [6.45, 7) is 0. The molecular formula is C6H4ClF3N2. The van der Waals surface area contributed by atoms with Gasteiger partial charge in [-0.1, -0.05) is 11.6 Å². The van der Waals surface area contributed by atoms with Gasteiger partial charge in [0.15, 0.2) is 11.6 Å². The maximum absolute atomic E-state index is 12.5. The number of pyridine rings is 1. The van der Waals surface area contributed by atoms with Crippen molar-refractivity contribution in [3.05, 3.63) is 22.6 Å². The van der Waals surface area contributed by atoms with Crippen LogP contribution in [0.15, 0.2) is 6.07 Å². The van der Waals surface area contributed by atoms with Gasteiger partial charge in [0.2, 0.25) is 0 Å². The Morgan fingerprint density at radius 2 is 2.08 bits per heavy atom. The zero-order chi connectivity index (χ0) is 9.30. The third-order valence-corrected chi connectivity index (χ3v) is 1.49. The lowest BCUT2D eigenvalue weighted by molar-refractivity contribution is 0.146. The molecule has 0 aliphatic carbocycles. The third kappa shape index (κ3) is 1.61. The number of nitrogens with two attached hydrogens (primary N) is 1. The molecule has 0 saturated carbocycles. The van der Waals surface area contributed by atoms with E-state index in [9.17, 15) is 13.2 Å². The van der Waals surface area contributed by atoms with E-state index in [1.807, 2.05) is 0 Å². The molecule has 0 fully saturated rings. The molecule has 0 radical (unpaired) electrons. The van der Waals surface area contributed by atoms with Crippen molar-refractivity contribution < 1.29 is 13.2 Å². The van der Waals surface area contributed by atoms with E-state index in [1.54, 1.807) is 0 Å². The van der Waals surface area contributed by atoms with E-state index in [0.29, 0.717) is 6.07 Å². The van der Waals surface area contributed by atoms with E-state index in [-0.39, 0.29) is 0 Å². The Bertz CT molecular complexity index is 303. The van der Waals surface area contributed by atoms with Gasteiger partial charge in [-0.25, -0.2) is 18.2 Å². The fraction of sp³-hybridized carbons (Fsp3) is 0.167. The molecule has 1 heterocycles. The standard InChI is InChI=1S/C6H4ClF3N2/c7-2-1-3(8)6(11)12-4(2)5(9)10/h1,5H,(H2,11,12). The second-order valence-corrected chi connectivity index (χ2v) is 2.43. The second kappa shape index (κ2) is 3.18. The molecule has 0 aromatic carbocycles. The Morgan fingerprint density at radius 3 is 2.58 bits per heavy atom. The molecular weight excluding hydrogens is 193 g/mol. The lowest BCUT2D eigenvalue weighted by Gasteiger charge is -2.03. The molecule has 2 N–H and O–H groups in total. The number of hydrogen-bond acceptors (Lipinski definition) is 2. The number of halogens is 4. The van der Waals surface area contributed by atoms with Crippen molar-refractivity contribution in [3.8, 4) is 0 Å². The Morgan fingerprint density at radius 1 is 1.50 bits per heavy atom. The summed E-state index contributed by atoms with van der Waals surface area (Å²) in [5.41, 5.74) is 4.25. The van der Waals surface area contributed by atoms with E-state index in [4.69, 9.17) is 17.3 Å². The Hall–Kier alpha value is -0.970. The van der Waals surface area contributed by atoms with Crippen molar-refractivity contribution in [3.63, 3.8) is 0 Å². The monoisotopic (exact) mass is 196 g/mol. The van der Waals surface area contributed by atoms with E-state index >= 15 is 0 Å². The van der Waals surface area contributed by atoms with Crippen LogP contribution in [0.4, 0.5) is 19.0 Å². The molecule has 2 nitrogen and oxygen atoms in total. The first-order valence-corrected chi connectivity index (χ1v) is 3.29. The van der Waals surface area contributed by atoms with Gasteiger partial charge in [0.1, 0.15) is 5.69 Å². The van der Waals surface area contributed by atoms with Crippen molar-refractivity contribution in [2.75, 3.05) is 5.73 Å². The molecule has 0 amide bonds. The first-order chi connectivity index (χ1) is 5.52. The maximum Gasteiger partial charge on any atom is 0.281 e. The Kier molecular flexibility index (Phi) is 2.42. The highest BCUT2D eigenvalue weighted by molar-refractivity contribution is 6.31. The SMILES string of the molecule is Nc1nc(C(F)F)c(Cl)cc1F. The highest BCUT2D eigenvalue weighted by atomic mass is 35.5. The van der Waals surface area contributed by atoms with Crippen LogP contribution < -0.4 is 5.73 Å². The molecule has 0 saturated heterocycles. The van der Waals surface area contributed by atoms with Crippen molar-refractivity contribution >= 4 is 17.4 Å². The van der Waals surface area contributed by atoms with Gasteiger partial charge < -0.3 is 5.73 Å². The minimum atomic E-state index is -2.85. The maximum atomic E-state index is 12.5. The van der Waals surface area contributed by atoms with Crippen molar-refractivity contribution in [1.29, 1.82) is 0 Å². The van der Waals surface area contributed by atoms with Crippen molar-refractivity contribution in [2.45, 2.75) is 6.43 Å². The van der Waals surface area contributed by atoms with Gasteiger partial charge in [-0.05, 0) is 6.07 Å². The number of nitrogen functional groups attached to an aromatic ring is 1. The van der Waals surface area contributed by atoms with Crippen LogP contribution in [0, 0.1) is 5.82 Å². The zero-order valence-corrected chi connectivity index (χ0v) is 6.45. The van der Waals surface area contributed by atoms with Gasteiger partial charge in [0, 0.05) is 0 Å². The largest absolute Gasteiger partial charge is 0.381 e. The summed E-state index contributed by atoms with van der Waals surface area (Å²) in [5, 5.41) is -0.420. The molecule has 0 aliphatic rings.